The number of aryl methyl sites for hydroxylation is 2. The molecule has 0 radical (unpaired) electrons. The highest BCUT2D eigenvalue weighted by Gasteiger charge is 2.73. The smallest absolute Gasteiger partial charge is 0.311 e. The Morgan fingerprint density at radius 2 is 1.77 bits per heavy atom. The molecule has 2 aromatic carbocycles. The maximum Gasteiger partial charge on any atom is 0.311 e. The van der Waals surface area contributed by atoms with Crippen LogP contribution in [0.25, 0.3) is 21.9 Å². The monoisotopic (exact) mass is 417 g/mol. The number of carbonyl (C=O) groups is 1. The zero-order valence-electron chi connectivity index (χ0n) is 18.8. The number of benzene rings is 2. The van der Waals surface area contributed by atoms with E-state index in [1.54, 1.807) is 13.0 Å². The fourth-order valence-corrected chi connectivity index (χ4v) is 5.84. The van der Waals surface area contributed by atoms with Crippen LogP contribution >= 0.6 is 0 Å². The summed E-state index contributed by atoms with van der Waals surface area (Å²) in [6, 6.07) is 11.9. The minimum absolute atomic E-state index is 0.0406. The molecule has 0 amide bonds. The number of hydrogen-bond donors (Lipinski definition) is 0. The third-order valence-electron chi connectivity index (χ3n) is 7.33. The first kappa shape index (κ1) is 20.2. The van der Waals surface area contributed by atoms with Gasteiger partial charge in [0.15, 0.2) is 0 Å². The SMILES string of the molecule is COC(=O)C12CC(c3nc(C(C)C)c(-c4ccc(F)c(C)c4)c4ccc(C)cc34)(C1)C2. The van der Waals surface area contributed by atoms with E-state index in [0.717, 1.165) is 52.5 Å². The number of carbonyl (C=O) groups excluding carboxylic acids is 1. The van der Waals surface area contributed by atoms with Gasteiger partial charge in [-0.25, -0.2) is 4.39 Å². The number of pyridine rings is 1. The third-order valence-corrected chi connectivity index (χ3v) is 7.33. The Hall–Kier alpha value is -2.75. The average molecular weight is 418 g/mol. The van der Waals surface area contributed by atoms with Crippen molar-refractivity contribution in [2.24, 2.45) is 5.41 Å². The second-order valence-electron chi connectivity index (χ2n) is 9.97. The summed E-state index contributed by atoms with van der Waals surface area (Å²) in [5, 5.41) is 2.31. The molecule has 1 heterocycles. The molecule has 6 rings (SSSR count). The van der Waals surface area contributed by atoms with E-state index in [1.807, 2.05) is 12.1 Å². The summed E-state index contributed by atoms with van der Waals surface area (Å²) < 4.78 is 19.0. The fourth-order valence-electron chi connectivity index (χ4n) is 5.84. The second kappa shape index (κ2) is 6.62. The van der Waals surface area contributed by atoms with Gasteiger partial charge in [-0.2, -0.15) is 0 Å². The van der Waals surface area contributed by atoms with Gasteiger partial charge in [-0.05, 0) is 73.7 Å². The topological polar surface area (TPSA) is 39.2 Å². The van der Waals surface area contributed by atoms with Crippen molar-refractivity contribution >= 4 is 16.7 Å². The lowest BCUT2D eigenvalue weighted by Crippen LogP contribution is -2.68. The summed E-state index contributed by atoms with van der Waals surface area (Å²) in [6.07, 6.45) is 2.44. The number of rotatable bonds is 4. The van der Waals surface area contributed by atoms with E-state index >= 15 is 0 Å². The number of aromatic nitrogens is 1. The largest absolute Gasteiger partial charge is 0.469 e. The third kappa shape index (κ3) is 2.77. The van der Waals surface area contributed by atoms with Crippen molar-refractivity contribution in [3.63, 3.8) is 0 Å². The van der Waals surface area contributed by atoms with Crippen LogP contribution in [-0.2, 0) is 14.9 Å². The number of methoxy groups -OCH3 is 1. The molecule has 0 atom stereocenters. The molecular weight excluding hydrogens is 389 g/mol. The van der Waals surface area contributed by atoms with Crippen molar-refractivity contribution in [1.82, 2.24) is 4.98 Å². The van der Waals surface area contributed by atoms with E-state index in [2.05, 4.69) is 39.0 Å². The zero-order chi connectivity index (χ0) is 22.1. The Balaban J connectivity index is 1.74. The number of fused-ring (bicyclic) bond motifs is 1. The highest BCUT2D eigenvalue weighted by molar-refractivity contribution is 6.00. The van der Waals surface area contributed by atoms with E-state index in [-0.39, 0.29) is 28.5 Å². The highest BCUT2D eigenvalue weighted by Crippen LogP contribution is 2.74. The lowest BCUT2D eigenvalue weighted by molar-refractivity contribution is -0.198. The lowest BCUT2D eigenvalue weighted by Gasteiger charge is -2.68. The molecular formula is C27H28FNO2. The Bertz CT molecular complexity index is 1220. The molecule has 0 saturated heterocycles. The van der Waals surface area contributed by atoms with Crippen LogP contribution in [0.2, 0.25) is 0 Å². The average Bonchev–Trinajstić information content (AvgIpc) is 2.67. The minimum atomic E-state index is -0.308. The van der Waals surface area contributed by atoms with Crippen LogP contribution in [0.4, 0.5) is 4.39 Å². The Morgan fingerprint density at radius 3 is 2.39 bits per heavy atom. The van der Waals surface area contributed by atoms with Crippen LogP contribution < -0.4 is 0 Å². The minimum Gasteiger partial charge on any atom is -0.469 e. The predicted molar refractivity (Wildman–Crippen MR) is 121 cm³/mol. The molecule has 0 spiro atoms. The first-order valence-electron chi connectivity index (χ1n) is 11.0. The molecule has 3 aliphatic rings. The maximum atomic E-state index is 14.0. The van der Waals surface area contributed by atoms with E-state index in [9.17, 15) is 9.18 Å². The molecule has 0 N–H and O–H groups in total. The standard InChI is InChI=1S/C27H28FNO2/c1-15(2)23-22(18-7-9-21(28)17(4)11-18)19-8-6-16(3)10-20(19)24(29-23)26-12-27(13-26,14-26)25(30)31-5/h6-11,15H,12-14H2,1-5H3. The Kier molecular flexibility index (Phi) is 4.31. The normalized spacial score (nSPS) is 24.1. The van der Waals surface area contributed by atoms with Crippen LogP contribution in [0, 0.1) is 25.1 Å². The molecule has 3 nitrogen and oxygen atoms in total. The van der Waals surface area contributed by atoms with Gasteiger partial charge in [0.2, 0.25) is 0 Å². The molecule has 3 saturated carbocycles. The van der Waals surface area contributed by atoms with E-state index in [4.69, 9.17) is 9.72 Å². The fraction of sp³-hybridized carbons (Fsp3) is 0.407. The van der Waals surface area contributed by atoms with Gasteiger partial charge in [0.25, 0.3) is 0 Å². The first-order valence-corrected chi connectivity index (χ1v) is 11.0. The van der Waals surface area contributed by atoms with Gasteiger partial charge in [-0.1, -0.05) is 37.6 Å². The molecule has 0 unspecified atom stereocenters. The molecule has 4 heteroatoms. The number of halogens is 1. The van der Waals surface area contributed by atoms with Crippen LogP contribution in [-0.4, -0.2) is 18.1 Å². The van der Waals surface area contributed by atoms with Crippen molar-refractivity contribution in [3.05, 3.63) is 64.7 Å². The maximum absolute atomic E-state index is 14.0. The van der Waals surface area contributed by atoms with Gasteiger partial charge in [-0.15, -0.1) is 0 Å². The molecule has 2 bridgehead atoms. The van der Waals surface area contributed by atoms with Gasteiger partial charge >= 0.3 is 5.97 Å². The van der Waals surface area contributed by atoms with Gasteiger partial charge in [0.1, 0.15) is 5.82 Å². The number of hydrogen-bond acceptors (Lipinski definition) is 3. The van der Waals surface area contributed by atoms with Crippen LogP contribution in [0.15, 0.2) is 36.4 Å². The van der Waals surface area contributed by atoms with E-state index in [0.29, 0.717) is 5.56 Å². The summed E-state index contributed by atoms with van der Waals surface area (Å²) >= 11 is 0. The van der Waals surface area contributed by atoms with Gasteiger partial charge < -0.3 is 4.74 Å². The van der Waals surface area contributed by atoms with Gasteiger partial charge in [0.05, 0.1) is 23.9 Å². The molecule has 0 aliphatic heterocycles. The van der Waals surface area contributed by atoms with Crippen LogP contribution in [0.5, 0.6) is 0 Å². The number of esters is 1. The van der Waals surface area contributed by atoms with Crippen molar-refractivity contribution in [3.8, 4) is 11.1 Å². The summed E-state index contributed by atoms with van der Waals surface area (Å²) in [4.78, 5) is 17.5. The number of nitrogens with zero attached hydrogens (tertiary/aromatic N) is 1. The number of ether oxygens (including phenoxy) is 1. The highest BCUT2D eigenvalue weighted by atomic mass is 19.1. The molecule has 31 heavy (non-hydrogen) atoms. The van der Waals surface area contributed by atoms with Crippen LogP contribution in [0.1, 0.15) is 61.5 Å². The predicted octanol–water partition coefficient (Wildman–Crippen LogP) is 6.38. The summed E-state index contributed by atoms with van der Waals surface area (Å²) in [7, 11) is 1.47. The Labute approximate surface area is 182 Å². The van der Waals surface area contributed by atoms with Crippen molar-refractivity contribution < 1.29 is 13.9 Å². The summed E-state index contributed by atoms with van der Waals surface area (Å²) in [6.45, 7) is 8.21. The van der Waals surface area contributed by atoms with E-state index < -0.39 is 0 Å². The lowest BCUT2D eigenvalue weighted by atomic mass is 9.34. The van der Waals surface area contributed by atoms with Gasteiger partial charge in [-0.3, -0.25) is 9.78 Å². The molecule has 3 fully saturated rings. The molecule has 3 aliphatic carbocycles. The van der Waals surface area contributed by atoms with E-state index in [1.165, 1.54) is 12.7 Å². The molecule has 1 aromatic heterocycles. The molecule has 160 valence electrons. The summed E-state index contributed by atoms with van der Waals surface area (Å²) in [5.41, 5.74) is 5.71. The second-order valence-corrected chi connectivity index (χ2v) is 9.97. The van der Waals surface area contributed by atoms with Crippen molar-refractivity contribution in [2.45, 2.75) is 58.3 Å². The quantitative estimate of drug-likeness (QED) is 0.463. The van der Waals surface area contributed by atoms with Crippen molar-refractivity contribution in [2.75, 3.05) is 7.11 Å². The first-order chi connectivity index (χ1) is 14.7. The summed E-state index contributed by atoms with van der Waals surface area (Å²) in [5.74, 6) is -0.0642. The van der Waals surface area contributed by atoms with Crippen molar-refractivity contribution in [1.29, 1.82) is 0 Å². The Morgan fingerprint density at radius 1 is 1.06 bits per heavy atom. The zero-order valence-corrected chi connectivity index (χ0v) is 18.8. The van der Waals surface area contributed by atoms with Gasteiger partial charge in [0, 0.05) is 16.4 Å². The van der Waals surface area contributed by atoms with Crippen LogP contribution in [0.3, 0.4) is 0 Å². The molecule has 3 aromatic rings.